The standard InChI is InChI=1S/C8H12OS2/c1-3-4-5-8-10-6-7(2)11(8)9/h5H,2-4,6H2,1H3/b8-5+. The Morgan fingerprint density at radius 1 is 1.82 bits per heavy atom. The van der Waals surface area contributed by atoms with E-state index in [-0.39, 0.29) is 0 Å². The molecule has 0 aromatic heterocycles. The minimum atomic E-state index is -0.877. The smallest absolute Gasteiger partial charge is 0.0872 e. The van der Waals surface area contributed by atoms with Crippen LogP contribution in [-0.2, 0) is 10.8 Å². The molecule has 0 aliphatic carbocycles. The Balaban J connectivity index is 2.61. The molecule has 1 aliphatic rings. The van der Waals surface area contributed by atoms with Crippen molar-refractivity contribution >= 4 is 22.6 Å². The molecule has 0 aromatic carbocycles. The summed E-state index contributed by atoms with van der Waals surface area (Å²) in [5.74, 6) is 0.835. The zero-order chi connectivity index (χ0) is 8.27. The van der Waals surface area contributed by atoms with Gasteiger partial charge in [0.15, 0.2) is 0 Å². The molecule has 1 aliphatic heterocycles. The zero-order valence-electron chi connectivity index (χ0n) is 6.63. The van der Waals surface area contributed by atoms with Crippen LogP contribution in [-0.4, -0.2) is 9.96 Å². The molecule has 1 heterocycles. The topological polar surface area (TPSA) is 17.1 Å². The van der Waals surface area contributed by atoms with E-state index < -0.39 is 10.8 Å². The molecule has 1 unspecified atom stereocenters. The van der Waals surface area contributed by atoms with Crippen LogP contribution in [0.2, 0.25) is 0 Å². The van der Waals surface area contributed by atoms with Gasteiger partial charge in [0.1, 0.15) is 0 Å². The predicted octanol–water partition coefficient (Wildman–Crippen LogP) is 2.64. The lowest BCUT2D eigenvalue weighted by atomic mass is 10.3. The summed E-state index contributed by atoms with van der Waals surface area (Å²) in [7, 11) is -0.877. The van der Waals surface area contributed by atoms with Crippen LogP contribution in [0.5, 0.6) is 0 Å². The monoisotopic (exact) mass is 188 g/mol. The highest BCUT2D eigenvalue weighted by Gasteiger charge is 2.19. The first-order chi connectivity index (χ1) is 5.25. The van der Waals surface area contributed by atoms with E-state index in [1.165, 1.54) is 0 Å². The second kappa shape index (κ2) is 4.12. The highest BCUT2D eigenvalue weighted by Crippen LogP contribution is 2.34. The van der Waals surface area contributed by atoms with Crippen LogP contribution >= 0.6 is 11.8 Å². The van der Waals surface area contributed by atoms with Crippen LogP contribution in [0, 0.1) is 0 Å². The second-order valence-corrected chi connectivity index (χ2v) is 5.24. The van der Waals surface area contributed by atoms with Gasteiger partial charge in [-0.05, 0) is 6.42 Å². The Morgan fingerprint density at radius 3 is 3.00 bits per heavy atom. The summed E-state index contributed by atoms with van der Waals surface area (Å²) in [6.45, 7) is 5.85. The van der Waals surface area contributed by atoms with E-state index in [4.69, 9.17) is 0 Å². The van der Waals surface area contributed by atoms with Crippen LogP contribution in [0.15, 0.2) is 21.8 Å². The van der Waals surface area contributed by atoms with E-state index in [0.29, 0.717) is 0 Å². The summed E-state index contributed by atoms with van der Waals surface area (Å²) in [6.07, 6.45) is 4.22. The minimum Gasteiger partial charge on any atom is -0.249 e. The largest absolute Gasteiger partial charge is 0.249 e. The first-order valence-electron chi connectivity index (χ1n) is 3.68. The molecular weight excluding hydrogens is 176 g/mol. The minimum absolute atomic E-state index is 0.835. The van der Waals surface area contributed by atoms with E-state index in [0.717, 1.165) is 27.7 Å². The molecule has 1 fully saturated rings. The number of hydrogen-bond acceptors (Lipinski definition) is 2. The number of unbranched alkanes of at least 4 members (excludes halogenated alkanes) is 1. The van der Waals surface area contributed by atoms with Gasteiger partial charge in [-0.2, -0.15) is 0 Å². The van der Waals surface area contributed by atoms with Crippen molar-refractivity contribution in [3.8, 4) is 0 Å². The summed E-state index contributed by atoms with van der Waals surface area (Å²) in [5, 5.41) is 0. The Kier molecular flexibility index (Phi) is 3.40. The summed E-state index contributed by atoms with van der Waals surface area (Å²) < 4.78 is 12.3. The molecule has 11 heavy (non-hydrogen) atoms. The van der Waals surface area contributed by atoms with Crippen molar-refractivity contribution in [3.05, 3.63) is 21.8 Å². The molecule has 1 atom stereocenters. The molecule has 3 heteroatoms. The van der Waals surface area contributed by atoms with Crippen LogP contribution in [0.3, 0.4) is 0 Å². The van der Waals surface area contributed by atoms with Gasteiger partial charge in [-0.3, -0.25) is 0 Å². The molecule has 0 N–H and O–H groups in total. The van der Waals surface area contributed by atoms with Crippen LogP contribution in [0.25, 0.3) is 0 Å². The molecule has 0 radical (unpaired) electrons. The second-order valence-electron chi connectivity index (χ2n) is 2.41. The van der Waals surface area contributed by atoms with Crippen molar-refractivity contribution in [2.45, 2.75) is 19.8 Å². The van der Waals surface area contributed by atoms with Gasteiger partial charge in [-0.15, -0.1) is 11.8 Å². The molecule has 0 aromatic rings. The molecule has 62 valence electrons. The van der Waals surface area contributed by atoms with Crippen molar-refractivity contribution in [2.75, 3.05) is 5.75 Å². The highest BCUT2D eigenvalue weighted by atomic mass is 32.2. The molecule has 1 saturated heterocycles. The quantitative estimate of drug-likeness (QED) is 0.662. The summed E-state index contributed by atoms with van der Waals surface area (Å²) >= 11 is 1.66. The third-order valence-corrected chi connectivity index (χ3v) is 4.56. The van der Waals surface area contributed by atoms with E-state index in [9.17, 15) is 4.21 Å². The predicted molar refractivity (Wildman–Crippen MR) is 52.7 cm³/mol. The number of hydrogen-bond donors (Lipinski definition) is 0. The SMILES string of the molecule is C=C1CS/C(=C\CCC)S1=O. The van der Waals surface area contributed by atoms with Crippen molar-refractivity contribution < 1.29 is 4.21 Å². The zero-order valence-corrected chi connectivity index (χ0v) is 8.26. The Bertz CT molecular complexity index is 218. The molecular formula is C8H12OS2. The molecule has 0 amide bonds. The Morgan fingerprint density at radius 2 is 2.55 bits per heavy atom. The normalized spacial score (nSPS) is 28.3. The fourth-order valence-corrected chi connectivity index (χ4v) is 3.45. The maximum atomic E-state index is 11.3. The van der Waals surface area contributed by atoms with Gasteiger partial charge in [0.25, 0.3) is 0 Å². The summed E-state index contributed by atoms with van der Waals surface area (Å²) in [6, 6.07) is 0. The third kappa shape index (κ3) is 2.20. The fraction of sp³-hybridized carbons (Fsp3) is 0.500. The first-order valence-corrected chi connectivity index (χ1v) is 5.81. The van der Waals surface area contributed by atoms with Crippen LogP contribution in [0.1, 0.15) is 19.8 Å². The lowest BCUT2D eigenvalue weighted by Crippen LogP contribution is -1.84. The van der Waals surface area contributed by atoms with Crippen molar-refractivity contribution in [3.63, 3.8) is 0 Å². The van der Waals surface area contributed by atoms with Crippen molar-refractivity contribution in [1.29, 1.82) is 0 Å². The lowest BCUT2D eigenvalue weighted by molar-refractivity contribution is 0.692. The van der Waals surface area contributed by atoms with Gasteiger partial charge in [-0.1, -0.05) is 26.0 Å². The molecule has 0 saturated carbocycles. The molecule has 0 bridgehead atoms. The highest BCUT2D eigenvalue weighted by molar-refractivity contribution is 8.21. The van der Waals surface area contributed by atoms with Crippen molar-refractivity contribution in [1.82, 2.24) is 0 Å². The first kappa shape index (κ1) is 9.07. The van der Waals surface area contributed by atoms with Crippen LogP contribution < -0.4 is 0 Å². The maximum Gasteiger partial charge on any atom is 0.0872 e. The van der Waals surface area contributed by atoms with Gasteiger partial charge in [-0.25, -0.2) is 4.21 Å². The van der Waals surface area contributed by atoms with Crippen molar-refractivity contribution in [2.24, 2.45) is 0 Å². The van der Waals surface area contributed by atoms with E-state index in [1.807, 2.05) is 0 Å². The van der Waals surface area contributed by atoms with E-state index in [2.05, 4.69) is 19.6 Å². The average Bonchev–Trinajstić information content (AvgIpc) is 2.31. The third-order valence-electron chi connectivity index (χ3n) is 1.42. The Hall–Kier alpha value is -0.0200. The Labute approximate surface area is 74.4 Å². The fourth-order valence-electron chi connectivity index (χ4n) is 0.798. The van der Waals surface area contributed by atoms with Gasteiger partial charge in [0, 0.05) is 10.7 Å². The van der Waals surface area contributed by atoms with Gasteiger partial charge < -0.3 is 0 Å². The molecule has 0 spiro atoms. The molecule has 1 rings (SSSR count). The summed E-state index contributed by atoms with van der Waals surface area (Å²) in [4.78, 5) is 0.859. The van der Waals surface area contributed by atoms with E-state index >= 15 is 0 Å². The van der Waals surface area contributed by atoms with Gasteiger partial charge >= 0.3 is 0 Å². The lowest BCUT2D eigenvalue weighted by Gasteiger charge is -1.91. The van der Waals surface area contributed by atoms with Gasteiger partial charge in [0.2, 0.25) is 0 Å². The van der Waals surface area contributed by atoms with Crippen LogP contribution in [0.4, 0.5) is 0 Å². The summed E-state index contributed by atoms with van der Waals surface area (Å²) in [5.41, 5.74) is 0. The van der Waals surface area contributed by atoms with E-state index in [1.54, 1.807) is 11.8 Å². The number of thioether (sulfide) groups is 1. The number of rotatable bonds is 2. The van der Waals surface area contributed by atoms with Gasteiger partial charge in [0.05, 0.1) is 15.0 Å². The molecule has 1 nitrogen and oxygen atoms in total. The number of allylic oxidation sites excluding steroid dienone is 1. The average molecular weight is 188 g/mol. The maximum absolute atomic E-state index is 11.3.